The molecule has 1 aromatic heterocycles. The molecule has 1 aliphatic heterocycles. The van der Waals surface area contributed by atoms with Crippen LogP contribution in [0, 0.1) is 0 Å². The van der Waals surface area contributed by atoms with Gasteiger partial charge in [0.2, 0.25) is 0 Å². The van der Waals surface area contributed by atoms with Crippen molar-refractivity contribution in [1.82, 2.24) is 20.1 Å². The summed E-state index contributed by atoms with van der Waals surface area (Å²) in [6, 6.07) is 10.3. The number of nitrogens with one attached hydrogen (secondary N) is 1. The number of benzene rings is 1. The first-order valence-electron chi connectivity index (χ1n) is 6.06. The lowest BCUT2D eigenvalue weighted by molar-refractivity contribution is 0.639. The van der Waals surface area contributed by atoms with Gasteiger partial charge in [0.1, 0.15) is 6.33 Å². The molecule has 0 spiro atoms. The highest BCUT2D eigenvalue weighted by molar-refractivity contribution is 5.14. The van der Waals surface area contributed by atoms with Crippen molar-refractivity contribution in [1.29, 1.82) is 0 Å². The summed E-state index contributed by atoms with van der Waals surface area (Å²) in [5, 5.41) is 7.89. The van der Waals surface area contributed by atoms with Gasteiger partial charge in [-0.15, -0.1) is 0 Å². The SMILES string of the molecule is c1ccc(Cn2cnc(C3CCNC3)n2)cc1. The van der Waals surface area contributed by atoms with E-state index >= 15 is 0 Å². The van der Waals surface area contributed by atoms with Gasteiger partial charge in [0.05, 0.1) is 6.54 Å². The van der Waals surface area contributed by atoms with Crippen molar-refractivity contribution < 1.29 is 0 Å². The van der Waals surface area contributed by atoms with Crippen molar-refractivity contribution in [2.75, 3.05) is 13.1 Å². The number of nitrogens with zero attached hydrogens (tertiary/aromatic N) is 3. The molecule has 1 saturated heterocycles. The normalized spacial score (nSPS) is 19.6. The lowest BCUT2D eigenvalue weighted by Gasteiger charge is -2.02. The summed E-state index contributed by atoms with van der Waals surface area (Å²) in [6.45, 7) is 2.89. The summed E-state index contributed by atoms with van der Waals surface area (Å²) in [5.74, 6) is 1.47. The maximum absolute atomic E-state index is 4.55. The zero-order valence-corrected chi connectivity index (χ0v) is 9.71. The molecule has 1 N–H and O–H groups in total. The highest BCUT2D eigenvalue weighted by Gasteiger charge is 2.20. The molecule has 1 aliphatic rings. The standard InChI is InChI=1S/C13H16N4/c1-2-4-11(5-3-1)9-17-10-15-13(16-17)12-6-7-14-8-12/h1-5,10,12,14H,6-9H2. The van der Waals surface area contributed by atoms with Gasteiger partial charge in [0, 0.05) is 12.5 Å². The Morgan fingerprint density at radius 1 is 1.29 bits per heavy atom. The molecule has 3 rings (SSSR count). The average Bonchev–Trinajstić information content (AvgIpc) is 3.00. The van der Waals surface area contributed by atoms with E-state index in [1.165, 1.54) is 5.56 Å². The van der Waals surface area contributed by atoms with E-state index in [1.807, 2.05) is 29.2 Å². The van der Waals surface area contributed by atoms with Gasteiger partial charge < -0.3 is 5.32 Å². The number of rotatable bonds is 3. The summed E-state index contributed by atoms with van der Waals surface area (Å²) in [7, 11) is 0. The average molecular weight is 228 g/mol. The van der Waals surface area contributed by atoms with Crippen LogP contribution in [-0.2, 0) is 6.54 Å². The first kappa shape index (κ1) is 10.5. The molecule has 0 saturated carbocycles. The van der Waals surface area contributed by atoms with Crippen LogP contribution in [0.25, 0.3) is 0 Å². The van der Waals surface area contributed by atoms with Crippen molar-refractivity contribution >= 4 is 0 Å². The molecule has 1 atom stereocenters. The Morgan fingerprint density at radius 3 is 2.94 bits per heavy atom. The monoisotopic (exact) mass is 228 g/mol. The third-order valence-electron chi connectivity index (χ3n) is 3.17. The van der Waals surface area contributed by atoms with Crippen LogP contribution in [-0.4, -0.2) is 27.9 Å². The van der Waals surface area contributed by atoms with Crippen LogP contribution >= 0.6 is 0 Å². The van der Waals surface area contributed by atoms with E-state index in [4.69, 9.17) is 0 Å². The van der Waals surface area contributed by atoms with Crippen molar-refractivity contribution in [3.8, 4) is 0 Å². The van der Waals surface area contributed by atoms with Crippen LogP contribution in [0.5, 0.6) is 0 Å². The number of aromatic nitrogens is 3. The van der Waals surface area contributed by atoms with E-state index < -0.39 is 0 Å². The molecule has 0 aliphatic carbocycles. The minimum Gasteiger partial charge on any atom is -0.316 e. The first-order chi connectivity index (χ1) is 8.42. The molecular weight excluding hydrogens is 212 g/mol. The Morgan fingerprint density at radius 2 is 2.18 bits per heavy atom. The Balaban J connectivity index is 1.72. The molecule has 0 radical (unpaired) electrons. The highest BCUT2D eigenvalue weighted by atomic mass is 15.3. The Kier molecular flexibility index (Phi) is 2.88. The van der Waals surface area contributed by atoms with Gasteiger partial charge in [-0.25, -0.2) is 9.67 Å². The number of hydrogen-bond donors (Lipinski definition) is 1. The minimum absolute atomic E-state index is 0.493. The minimum atomic E-state index is 0.493. The fourth-order valence-corrected chi connectivity index (χ4v) is 2.22. The highest BCUT2D eigenvalue weighted by Crippen LogP contribution is 2.18. The predicted octanol–water partition coefficient (Wildman–Crippen LogP) is 1.40. The van der Waals surface area contributed by atoms with Crippen molar-refractivity contribution in [2.45, 2.75) is 18.9 Å². The zero-order valence-electron chi connectivity index (χ0n) is 9.71. The fraction of sp³-hybridized carbons (Fsp3) is 0.385. The van der Waals surface area contributed by atoms with Crippen LogP contribution in [0.3, 0.4) is 0 Å². The molecule has 1 unspecified atom stereocenters. The topological polar surface area (TPSA) is 42.7 Å². The summed E-state index contributed by atoms with van der Waals surface area (Å²) in [6.07, 6.45) is 2.98. The molecule has 2 heterocycles. The molecule has 17 heavy (non-hydrogen) atoms. The van der Waals surface area contributed by atoms with Gasteiger partial charge in [0.25, 0.3) is 0 Å². The molecule has 1 fully saturated rings. The van der Waals surface area contributed by atoms with Gasteiger partial charge in [-0.3, -0.25) is 0 Å². The van der Waals surface area contributed by atoms with Crippen LogP contribution in [0.15, 0.2) is 36.7 Å². The molecule has 1 aromatic carbocycles. The van der Waals surface area contributed by atoms with E-state index in [-0.39, 0.29) is 0 Å². The second-order valence-corrected chi connectivity index (χ2v) is 4.48. The zero-order chi connectivity index (χ0) is 11.5. The second-order valence-electron chi connectivity index (χ2n) is 4.48. The molecule has 2 aromatic rings. The number of hydrogen-bond acceptors (Lipinski definition) is 3. The van der Waals surface area contributed by atoms with Gasteiger partial charge in [-0.2, -0.15) is 5.10 Å². The van der Waals surface area contributed by atoms with Crippen molar-refractivity contribution in [2.24, 2.45) is 0 Å². The Bertz CT molecular complexity index is 471. The van der Waals surface area contributed by atoms with E-state index in [9.17, 15) is 0 Å². The van der Waals surface area contributed by atoms with Crippen molar-refractivity contribution in [3.05, 3.63) is 48.0 Å². The lowest BCUT2D eigenvalue weighted by atomic mass is 10.1. The Hall–Kier alpha value is -1.68. The van der Waals surface area contributed by atoms with E-state index in [0.717, 1.165) is 31.9 Å². The molecule has 0 bridgehead atoms. The maximum atomic E-state index is 4.55. The van der Waals surface area contributed by atoms with Gasteiger partial charge >= 0.3 is 0 Å². The van der Waals surface area contributed by atoms with E-state index in [0.29, 0.717) is 5.92 Å². The molecule has 4 heteroatoms. The summed E-state index contributed by atoms with van der Waals surface area (Å²) >= 11 is 0. The molecule has 4 nitrogen and oxygen atoms in total. The van der Waals surface area contributed by atoms with E-state index in [1.54, 1.807) is 0 Å². The van der Waals surface area contributed by atoms with Crippen molar-refractivity contribution in [3.63, 3.8) is 0 Å². The third-order valence-corrected chi connectivity index (χ3v) is 3.17. The summed E-state index contributed by atoms with van der Waals surface area (Å²) < 4.78 is 1.92. The maximum Gasteiger partial charge on any atom is 0.155 e. The van der Waals surface area contributed by atoms with Crippen LogP contribution in [0.1, 0.15) is 23.7 Å². The largest absolute Gasteiger partial charge is 0.316 e. The van der Waals surface area contributed by atoms with E-state index in [2.05, 4.69) is 27.5 Å². The molecular formula is C13H16N4. The molecule has 0 amide bonds. The lowest BCUT2D eigenvalue weighted by Crippen LogP contribution is -2.09. The van der Waals surface area contributed by atoms with Crippen LogP contribution in [0.2, 0.25) is 0 Å². The van der Waals surface area contributed by atoms with Crippen LogP contribution in [0.4, 0.5) is 0 Å². The Labute approximate surface area is 101 Å². The van der Waals surface area contributed by atoms with Gasteiger partial charge in [0.15, 0.2) is 5.82 Å². The third kappa shape index (κ3) is 2.36. The molecule has 88 valence electrons. The first-order valence-corrected chi connectivity index (χ1v) is 6.06. The fourth-order valence-electron chi connectivity index (χ4n) is 2.22. The van der Waals surface area contributed by atoms with Crippen LogP contribution < -0.4 is 5.32 Å². The summed E-state index contributed by atoms with van der Waals surface area (Å²) in [4.78, 5) is 4.41. The predicted molar refractivity (Wildman–Crippen MR) is 65.8 cm³/mol. The smallest absolute Gasteiger partial charge is 0.155 e. The van der Waals surface area contributed by atoms with Gasteiger partial charge in [-0.05, 0) is 18.5 Å². The second kappa shape index (κ2) is 4.67. The van der Waals surface area contributed by atoms with Gasteiger partial charge in [-0.1, -0.05) is 30.3 Å². The quantitative estimate of drug-likeness (QED) is 0.863. The summed E-state index contributed by atoms with van der Waals surface area (Å²) in [5.41, 5.74) is 1.26.